The van der Waals surface area contributed by atoms with Crippen molar-refractivity contribution in [3.63, 3.8) is 0 Å². The van der Waals surface area contributed by atoms with Crippen LogP contribution in [0.3, 0.4) is 0 Å². The lowest BCUT2D eigenvalue weighted by atomic mass is 10.1. The Hall–Kier alpha value is -1.59. The van der Waals surface area contributed by atoms with Crippen molar-refractivity contribution in [1.82, 2.24) is 5.32 Å². The van der Waals surface area contributed by atoms with Crippen LogP contribution in [0.4, 0.5) is 5.69 Å². The molecule has 0 aliphatic carbocycles. The fourth-order valence-corrected chi connectivity index (χ4v) is 2.18. The fourth-order valence-electron chi connectivity index (χ4n) is 2.13. The second-order valence-electron chi connectivity index (χ2n) is 5.00. The number of alkyl halides is 1. The third kappa shape index (κ3) is 4.44. The third-order valence-corrected chi connectivity index (χ3v) is 3.50. The minimum Gasteiger partial charge on any atom is -0.376 e. The van der Waals surface area contributed by atoms with Crippen LogP contribution in [0.1, 0.15) is 30.1 Å². The highest BCUT2D eigenvalue weighted by Gasteiger charge is 2.19. The molecule has 21 heavy (non-hydrogen) atoms. The van der Waals surface area contributed by atoms with Gasteiger partial charge in [-0.3, -0.25) is 9.59 Å². The Morgan fingerprint density at radius 2 is 2.19 bits per heavy atom. The monoisotopic (exact) mass is 310 g/mol. The number of ether oxygens (including phenoxy) is 1. The highest BCUT2D eigenvalue weighted by molar-refractivity contribution is 6.32. The second kappa shape index (κ2) is 7.43. The summed E-state index contributed by atoms with van der Waals surface area (Å²) in [5.41, 5.74) is 0.876. The van der Waals surface area contributed by atoms with E-state index in [-0.39, 0.29) is 17.9 Å². The second-order valence-corrected chi connectivity index (χ2v) is 5.65. The first-order chi connectivity index (χ1) is 10.1. The lowest BCUT2D eigenvalue weighted by Crippen LogP contribution is -2.32. The molecular formula is C15H19ClN2O3. The quantitative estimate of drug-likeness (QED) is 0.819. The standard InChI is InChI=1S/C15H19ClN2O3/c1-10(16)14(19)18-13-7-3-2-6-12(13)15(20)17-9-11-5-4-8-21-11/h2-3,6-7,10-11H,4-5,8-9H2,1H3,(H,17,20)(H,18,19)/t10-,11+/m0/s1. The summed E-state index contributed by atoms with van der Waals surface area (Å²) in [6, 6.07) is 6.85. The summed E-state index contributed by atoms with van der Waals surface area (Å²) >= 11 is 5.73. The number of rotatable bonds is 5. The molecule has 2 atom stereocenters. The van der Waals surface area contributed by atoms with Gasteiger partial charge in [0.05, 0.1) is 17.4 Å². The number of amides is 2. The van der Waals surface area contributed by atoms with Crippen LogP contribution in [0.5, 0.6) is 0 Å². The van der Waals surface area contributed by atoms with E-state index in [2.05, 4.69) is 10.6 Å². The fraction of sp³-hybridized carbons (Fsp3) is 0.467. The van der Waals surface area contributed by atoms with Gasteiger partial charge in [-0.15, -0.1) is 11.6 Å². The van der Waals surface area contributed by atoms with Gasteiger partial charge in [0.2, 0.25) is 5.91 Å². The number of carbonyl (C=O) groups is 2. The Balaban J connectivity index is 2.00. The SMILES string of the molecule is C[C@H](Cl)C(=O)Nc1ccccc1C(=O)NC[C@H]1CCCO1. The van der Waals surface area contributed by atoms with Gasteiger partial charge in [-0.25, -0.2) is 0 Å². The number of hydrogen-bond donors (Lipinski definition) is 2. The zero-order chi connectivity index (χ0) is 15.2. The summed E-state index contributed by atoms with van der Waals surface area (Å²) in [6.45, 7) is 2.81. The van der Waals surface area contributed by atoms with E-state index >= 15 is 0 Å². The van der Waals surface area contributed by atoms with E-state index in [0.717, 1.165) is 19.4 Å². The summed E-state index contributed by atoms with van der Waals surface area (Å²) in [4.78, 5) is 23.9. The molecule has 1 aliphatic rings. The van der Waals surface area contributed by atoms with Crippen LogP contribution in [0.25, 0.3) is 0 Å². The Labute approximate surface area is 129 Å². The molecule has 0 bridgehead atoms. The van der Waals surface area contributed by atoms with Crippen molar-refractivity contribution in [3.8, 4) is 0 Å². The average molecular weight is 311 g/mol. The van der Waals surface area contributed by atoms with Crippen LogP contribution in [0.2, 0.25) is 0 Å². The Morgan fingerprint density at radius 3 is 2.86 bits per heavy atom. The Kier molecular flexibility index (Phi) is 5.59. The van der Waals surface area contributed by atoms with E-state index < -0.39 is 5.38 Å². The lowest BCUT2D eigenvalue weighted by Gasteiger charge is -2.14. The maximum Gasteiger partial charge on any atom is 0.253 e. The molecule has 1 aromatic carbocycles. The van der Waals surface area contributed by atoms with Crippen molar-refractivity contribution in [2.75, 3.05) is 18.5 Å². The van der Waals surface area contributed by atoms with Gasteiger partial charge in [0.15, 0.2) is 0 Å². The zero-order valence-corrected chi connectivity index (χ0v) is 12.7. The van der Waals surface area contributed by atoms with E-state index in [4.69, 9.17) is 16.3 Å². The molecule has 2 rings (SSSR count). The highest BCUT2D eigenvalue weighted by atomic mass is 35.5. The molecule has 0 aromatic heterocycles. The minimum atomic E-state index is -0.659. The molecule has 5 nitrogen and oxygen atoms in total. The van der Waals surface area contributed by atoms with E-state index in [1.54, 1.807) is 31.2 Å². The zero-order valence-electron chi connectivity index (χ0n) is 11.9. The van der Waals surface area contributed by atoms with Crippen LogP contribution in [-0.4, -0.2) is 36.4 Å². The average Bonchev–Trinajstić information content (AvgIpc) is 2.98. The van der Waals surface area contributed by atoms with Crippen LogP contribution in [0, 0.1) is 0 Å². The summed E-state index contributed by atoms with van der Waals surface area (Å²) in [7, 11) is 0. The lowest BCUT2D eigenvalue weighted by molar-refractivity contribution is -0.115. The normalized spacial score (nSPS) is 19.0. The molecule has 114 valence electrons. The molecule has 0 spiro atoms. The molecule has 1 heterocycles. The molecule has 2 amide bonds. The first-order valence-electron chi connectivity index (χ1n) is 7.01. The van der Waals surface area contributed by atoms with Crippen molar-refractivity contribution in [3.05, 3.63) is 29.8 Å². The predicted molar refractivity (Wildman–Crippen MR) is 81.7 cm³/mol. The van der Waals surface area contributed by atoms with E-state index in [0.29, 0.717) is 17.8 Å². The van der Waals surface area contributed by atoms with Gasteiger partial charge in [-0.05, 0) is 31.9 Å². The molecule has 1 saturated heterocycles. The maximum absolute atomic E-state index is 12.2. The van der Waals surface area contributed by atoms with Gasteiger partial charge in [-0.1, -0.05) is 12.1 Å². The summed E-state index contributed by atoms with van der Waals surface area (Å²) in [6.07, 6.45) is 2.07. The summed E-state index contributed by atoms with van der Waals surface area (Å²) in [5.74, 6) is -0.570. The van der Waals surface area contributed by atoms with E-state index in [9.17, 15) is 9.59 Å². The van der Waals surface area contributed by atoms with Crippen LogP contribution < -0.4 is 10.6 Å². The number of nitrogens with one attached hydrogen (secondary N) is 2. The number of anilines is 1. The first-order valence-corrected chi connectivity index (χ1v) is 7.45. The molecular weight excluding hydrogens is 292 g/mol. The van der Waals surface area contributed by atoms with Gasteiger partial charge in [0, 0.05) is 13.2 Å². The van der Waals surface area contributed by atoms with Gasteiger partial charge < -0.3 is 15.4 Å². The van der Waals surface area contributed by atoms with Gasteiger partial charge in [0.1, 0.15) is 5.38 Å². The molecule has 2 N–H and O–H groups in total. The molecule has 6 heteroatoms. The Bertz CT molecular complexity index is 513. The number of para-hydroxylation sites is 1. The van der Waals surface area contributed by atoms with E-state index in [1.807, 2.05) is 0 Å². The van der Waals surface area contributed by atoms with Crippen LogP contribution in [-0.2, 0) is 9.53 Å². The van der Waals surface area contributed by atoms with Crippen molar-refractivity contribution in [1.29, 1.82) is 0 Å². The van der Waals surface area contributed by atoms with Crippen molar-refractivity contribution < 1.29 is 14.3 Å². The van der Waals surface area contributed by atoms with Gasteiger partial charge in [0.25, 0.3) is 5.91 Å². The number of benzene rings is 1. The van der Waals surface area contributed by atoms with Crippen LogP contribution in [0.15, 0.2) is 24.3 Å². The molecule has 1 aliphatic heterocycles. The topological polar surface area (TPSA) is 67.4 Å². The summed E-state index contributed by atoms with van der Waals surface area (Å²) in [5, 5.41) is 4.83. The highest BCUT2D eigenvalue weighted by Crippen LogP contribution is 2.16. The van der Waals surface area contributed by atoms with Crippen molar-refractivity contribution in [2.24, 2.45) is 0 Å². The molecule has 0 radical (unpaired) electrons. The maximum atomic E-state index is 12.2. The number of carbonyl (C=O) groups excluding carboxylic acids is 2. The third-order valence-electron chi connectivity index (χ3n) is 3.31. The van der Waals surface area contributed by atoms with Gasteiger partial charge in [-0.2, -0.15) is 0 Å². The smallest absolute Gasteiger partial charge is 0.253 e. The van der Waals surface area contributed by atoms with E-state index in [1.165, 1.54) is 0 Å². The largest absolute Gasteiger partial charge is 0.376 e. The molecule has 1 fully saturated rings. The Morgan fingerprint density at radius 1 is 1.43 bits per heavy atom. The van der Waals surface area contributed by atoms with Gasteiger partial charge >= 0.3 is 0 Å². The molecule has 0 saturated carbocycles. The minimum absolute atomic E-state index is 0.0820. The van der Waals surface area contributed by atoms with Crippen LogP contribution >= 0.6 is 11.6 Å². The molecule has 1 aromatic rings. The first kappa shape index (κ1) is 15.8. The summed E-state index contributed by atoms with van der Waals surface area (Å²) < 4.78 is 5.46. The van der Waals surface area contributed by atoms with Crippen molar-refractivity contribution >= 4 is 29.1 Å². The number of hydrogen-bond acceptors (Lipinski definition) is 3. The van der Waals surface area contributed by atoms with Crippen molar-refractivity contribution in [2.45, 2.75) is 31.2 Å². The predicted octanol–water partition coefficient (Wildman–Crippen LogP) is 2.16. The molecule has 0 unspecified atom stereocenters. The number of halogens is 1.